The number of pyridine rings is 2. The summed E-state index contributed by atoms with van der Waals surface area (Å²) in [5.41, 5.74) is 4.28. The lowest BCUT2D eigenvalue weighted by atomic mass is 10.2. The van der Waals surface area contributed by atoms with Crippen molar-refractivity contribution in [1.29, 1.82) is 0 Å². The fourth-order valence-corrected chi connectivity index (χ4v) is 1.98. The summed E-state index contributed by atoms with van der Waals surface area (Å²) in [5.74, 6) is 7.26. The molecule has 1 aromatic carbocycles. The largest absolute Gasteiger partial charge is 0.455 e. The van der Waals surface area contributed by atoms with E-state index in [2.05, 4.69) is 15.4 Å². The van der Waals surface area contributed by atoms with Gasteiger partial charge in [0.2, 0.25) is 0 Å². The van der Waals surface area contributed by atoms with Crippen molar-refractivity contribution < 1.29 is 4.74 Å². The van der Waals surface area contributed by atoms with Crippen LogP contribution >= 0.6 is 0 Å². The quantitative estimate of drug-likeness (QED) is 0.563. The minimum absolute atomic E-state index is 0.548. The minimum Gasteiger partial charge on any atom is -0.455 e. The lowest BCUT2D eigenvalue weighted by molar-refractivity contribution is 0.486. The molecule has 0 unspecified atom stereocenters. The van der Waals surface area contributed by atoms with Gasteiger partial charge in [0.1, 0.15) is 17.1 Å². The summed E-state index contributed by atoms with van der Waals surface area (Å²) in [4.78, 5) is 8.58. The summed E-state index contributed by atoms with van der Waals surface area (Å²) in [5, 5.41) is 1.04. The Morgan fingerprint density at radius 2 is 2.05 bits per heavy atom. The van der Waals surface area contributed by atoms with E-state index in [0.717, 1.165) is 16.6 Å². The monoisotopic (exact) mass is 266 g/mol. The highest BCUT2D eigenvalue weighted by atomic mass is 16.5. The van der Waals surface area contributed by atoms with Gasteiger partial charge in [-0.15, -0.1) is 0 Å². The van der Waals surface area contributed by atoms with E-state index >= 15 is 0 Å². The average molecular weight is 266 g/mol. The molecular weight excluding hydrogens is 252 g/mol. The molecule has 0 saturated carbocycles. The fraction of sp³-hybridized carbons (Fsp3) is 0.0667. The fourth-order valence-electron chi connectivity index (χ4n) is 1.98. The van der Waals surface area contributed by atoms with Crippen molar-refractivity contribution in [3.05, 3.63) is 54.4 Å². The van der Waals surface area contributed by atoms with Crippen LogP contribution in [0, 0.1) is 6.92 Å². The molecule has 3 aromatic rings. The van der Waals surface area contributed by atoms with Crippen LogP contribution in [-0.2, 0) is 0 Å². The lowest BCUT2D eigenvalue weighted by Crippen LogP contribution is -2.08. The second-order valence-corrected chi connectivity index (χ2v) is 4.40. The van der Waals surface area contributed by atoms with Gasteiger partial charge in [-0.05, 0) is 25.1 Å². The van der Waals surface area contributed by atoms with Gasteiger partial charge in [0.15, 0.2) is 5.75 Å². The average Bonchev–Trinajstić information content (AvgIpc) is 2.48. The van der Waals surface area contributed by atoms with Crippen LogP contribution in [-0.4, -0.2) is 9.97 Å². The van der Waals surface area contributed by atoms with Crippen molar-refractivity contribution in [3.63, 3.8) is 0 Å². The molecule has 100 valence electrons. The molecule has 0 aliphatic rings. The van der Waals surface area contributed by atoms with Crippen molar-refractivity contribution in [1.82, 2.24) is 9.97 Å². The summed E-state index contributed by atoms with van der Waals surface area (Å²) in [6.45, 7) is 1.96. The maximum atomic E-state index is 5.89. The highest BCUT2D eigenvalue weighted by molar-refractivity contribution is 5.84. The van der Waals surface area contributed by atoms with Crippen LogP contribution in [0.2, 0.25) is 0 Å². The van der Waals surface area contributed by atoms with Crippen LogP contribution in [0.15, 0.2) is 48.7 Å². The topological polar surface area (TPSA) is 73.1 Å². The number of aromatic nitrogens is 2. The third-order valence-corrected chi connectivity index (χ3v) is 2.93. The zero-order valence-electron chi connectivity index (χ0n) is 11.0. The van der Waals surface area contributed by atoms with E-state index < -0.39 is 0 Å². The number of rotatable bonds is 3. The molecule has 3 rings (SSSR count). The molecule has 20 heavy (non-hydrogen) atoms. The summed E-state index contributed by atoms with van der Waals surface area (Å²) in [6.07, 6.45) is 1.63. The predicted molar refractivity (Wildman–Crippen MR) is 78.6 cm³/mol. The highest BCUT2D eigenvalue weighted by Crippen LogP contribution is 2.29. The second-order valence-electron chi connectivity index (χ2n) is 4.40. The smallest absolute Gasteiger partial charge is 0.153 e. The Labute approximate surface area is 116 Å². The number of ether oxygens (including phenoxy) is 1. The molecule has 2 aromatic heterocycles. The normalized spacial score (nSPS) is 10.5. The first-order chi connectivity index (χ1) is 9.76. The number of nitrogens with two attached hydrogens (primary N) is 1. The third kappa shape index (κ3) is 2.39. The van der Waals surface area contributed by atoms with E-state index in [4.69, 9.17) is 10.6 Å². The number of aryl methyl sites for hydroxylation is 1. The number of para-hydroxylation sites is 1. The number of nitrogen functional groups attached to an aromatic ring is 1. The Bertz CT molecular complexity index is 758. The zero-order valence-corrected chi connectivity index (χ0v) is 11.0. The molecule has 0 radical (unpaired) electrons. The van der Waals surface area contributed by atoms with Gasteiger partial charge in [-0.1, -0.05) is 18.2 Å². The van der Waals surface area contributed by atoms with Gasteiger partial charge >= 0.3 is 0 Å². The third-order valence-electron chi connectivity index (χ3n) is 2.93. The Balaban J connectivity index is 2.03. The Hall–Kier alpha value is -2.66. The van der Waals surface area contributed by atoms with Gasteiger partial charge in [0.05, 0.1) is 0 Å². The molecule has 5 nitrogen and oxygen atoms in total. The number of benzene rings is 1. The van der Waals surface area contributed by atoms with Gasteiger partial charge in [-0.25, -0.2) is 15.8 Å². The van der Waals surface area contributed by atoms with Gasteiger partial charge in [-0.3, -0.25) is 0 Å². The van der Waals surface area contributed by atoms with E-state index in [1.807, 2.05) is 37.3 Å². The van der Waals surface area contributed by atoms with Crippen molar-refractivity contribution in [2.45, 2.75) is 6.92 Å². The summed E-state index contributed by atoms with van der Waals surface area (Å²) in [7, 11) is 0. The molecule has 0 aliphatic carbocycles. The standard InChI is InChI=1S/C15H14N4O/c1-10-5-6-11-3-2-4-13(15(11)18-10)20-12-7-8-17-14(9-12)19-16/h2-9H,16H2,1H3,(H,17,19). The molecule has 5 heteroatoms. The SMILES string of the molecule is Cc1ccc2cccc(Oc3ccnc(NN)c3)c2n1. The van der Waals surface area contributed by atoms with E-state index in [1.54, 1.807) is 18.3 Å². The predicted octanol–water partition coefficient (Wildman–Crippen LogP) is 3.02. The molecule has 2 heterocycles. The molecular formula is C15H14N4O. The van der Waals surface area contributed by atoms with Crippen LogP contribution in [0.1, 0.15) is 5.69 Å². The number of fused-ring (bicyclic) bond motifs is 1. The first-order valence-corrected chi connectivity index (χ1v) is 6.23. The van der Waals surface area contributed by atoms with Gasteiger partial charge in [0.25, 0.3) is 0 Å². The second kappa shape index (κ2) is 5.14. The van der Waals surface area contributed by atoms with E-state index in [0.29, 0.717) is 17.3 Å². The number of nitrogens with zero attached hydrogens (tertiary/aromatic N) is 2. The first kappa shape index (κ1) is 12.4. The number of anilines is 1. The van der Waals surface area contributed by atoms with Gasteiger partial charge in [0, 0.05) is 23.3 Å². The summed E-state index contributed by atoms with van der Waals surface area (Å²) in [6, 6.07) is 13.4. The van der Waals surface area contributed by atoms with E-state index in [-0.39, 0.29) is 0 Å². The number of nitrogens with one attached hydrogen (secondary N) is 1. The molecule has 0 saturated heterocycles. The lowest BCUT2D eigenvalue weighted by Gasteiger charge is -2.09. The van der Waals surface area contributed by atoms with Crippen molar-refractivity contribution in [2.75, 3.05) is 5.43 Å². The maximum absolute atomic E-state index is 5.89. The van der Waals surface area contributed by atoms with E-state index in [1.165, 1.54) is 0 Å². The van der Waals surface area contributed by atoms with Crippen molar-refractivity contribution in [3.8, 4) is 11.5 Å². The molecule has 3 N–H and O–H groups in total. The molecule has 0 fully saturated rings. The number of hydrazine groups is 1. The first-order valence-electron chi connectivity index (χ1n) is 6.23. The van der Waals surface area contributed by atoms with Gasteiger partial charge in [-0.2, -0.15) is 0 Å². The highest BCUT2D eigenvalue weighted by Gasteiger charge is 2.06. The number of hydrogen-bond donors (Lipinski definition) is 2. The molecule has 0 bridgehead atoms. The van der Waals surface area contributed by atoms with Crippen LogP contribution < -0.4 is 16.0 Å². The zero-order chi connectivity index (χ0) is 13.9. The van der Waals surface area contributed by atoms with Crippen LogP contribution in [0.5, 0.6) is 11.5 Å². The summed E-state index contributed by atoms with van der Waals surface area (Å²) >= 11 is 0. The van der Waals surface area contributed by atoms with Crippen LogP contribution in [0.4, 0.5) is 5.82 Å². The Kier molecular flexibility index (Phi) is 3.18. The van der Waals surface area contributed by atoms with Gasteiger partial charge < -0.3 is 10.2 Å². The molecule has 0 aliphatic heterocycles. The van der Waals surface area contributed by atoms with Crippen LogP contribution in [0.25, 0.3) is 10.9 Å². The maximum Gasteiger partial charge on any atom is 0.153 e. The van der Waals surface area contributed by atoms with Crippen molar-refractivity contribution in [2.24, 2.45) is 5.84 Å². The number of hydrogen-bond acceptors (Lipinski definition) is 5. The molecule has 0 spiro atoms. The Morgan fingerprint density at radius 3 is 2.90 bits per heavy atom. The molecule has 0 amide bonds. The molecule has 0 atom stereocenters. The van der Waals surface area contributed by atoms with Crippen LogP contribution in [0.3, 0.4) is 0 Å². The van der Waals surface area contributed by atoms with E-state index in [9.17, 15) is 0 Å². The summed E-state index contributed by atoms with van der Waals surface area (Å²) < 4.78 is 5.89. The van der Waals surface area contributed by atoms with Crippen molar-refractivity contribution >= 4 is 16.7 Å². The Morgan fingerprint density at radius 1 is 1.15 bits per heavy atom. The minimum atomic E-state index is 0.548.